The Morgan fingerprint density at radius 2 is 1.59 bits per heavy atom. The first-order chi connectivity index (χ1) is 13.8. The molecular formula is C24H28N4O. The van der Waals surface area contributed by atoms with Gasteiger partial charge in [0, 0.05) is 30.7 Å². The van der Waals surface area contributed by atoms with Crippen LogP contribution >= 0.6 is 0 Å². The highest BCUT2D eigenvalue weighted by atomic mass is 16.1. The Hall–Kier alpha value is -3.21. The topological polar surface area (TPSA) is 58.1 Å². The van der Waals surface area contributed by atoms with E-state index in [0.717, 1.165) is 16.8 Å². The standard InChI is InChI=1S/C24H28N4O/c1-16(2)28(15-20-9-7-6-8-10-20)24-25-13-21(14-26-24)23(29)27-22-18(4)11-17(3)12-19(22)5/h6-14,16H,15H2,1-5H3,(H,27,29). The number of anilines is 2. The zero-order valence-electron chi connectivity index (χ0n) is 17.7. The average Bonchev–Trinajstić information content (AvgIpc) is 2.69. The lowest BCUT2D eigenvalue weighted by atomic mass is 10.0. The molecule has 0 aliphatic heterocycles. The Kier molecular flexibility index (Phi) is 6.27. The molecule has 0 fully saturated rings. The maximum atomic E-state index is 12.7. The summed E-state index contributed by atoms with van der Waals surface area (Å²) in [6.07, 6.45) is 3.19. The first-order valence-corrected chi connectivity index (χ1v) is 9.87. The van der Waals surface area contributed by atoms with Crippen LogP contribution in [0.1, 0.15) is 46.5 Å². The summed E-state index contributed by atoms with van der Waals surface area (Å²) in [5, 5.41) is 3.00. The summed E-state index contributed by atoms with van der Waals surface area (Å²) in [6, 6.07) is 14.6. The number of carbonyl (C=O) groups excluding carboxylic acids is 1. The van der Waals surface area contributed by atoms with E-state index in [2.05, 4.69) is 58.3 Å². The molecular weight excluding hydrogens is 360 g/mol. The number of carbonyl (C=O) groups is 1. The lowest BCUT2D eigenvalue weighted by Crippen LogP contribution is -2.32. The van der Waals surface area contributed by atoms with Crippen LogP contribution in [0.2, 0.25) is 0 Å². The van der Waals surface area contributed by atoms with Gasteiger partial charge in [-0.2, -0.15) is 0 Å². The largest absolute Gasteiger partial charge is 0.334 e. The van der Waals surface area contributed by atoms with Crippen molar-refractivity contribution in [1.29, 1.82) is 0 Å². The van der Waals surface area contributed by atoms with Crippen LogP contribution in [0.25, 0.3) is 0 Å². The minimum Gasteiger partial charge on any atom is -0.334 e. The van der Waals surface area contributed by atoms with Crippen molar-refractivity contribution in [2.75, 3.05) is 10.2 Å². The lowest BCUT2D eigenvalue weighted by Gasteiger charge is -2.26. The molecule has 0 aliphatic carbocycles. The molecule has 0 atom stereocenters. The number of hydrogen-bond acceptors (Lipinski definition) is 4. The Morgan fingerprint density at radius 3 is 2.14 bits per heavy atom. The minimum absolute atomic E-state index is 0.203. The second-order valence-corrected chi connectivity index (χ2v) is 7.71. The van der Waals surface area contributed by atoms with Crippen LogP contribution < -0.4 is 10.2 Å². The van der Waals surface area contributed by atoms with Gasteiger partial charge in [-0.25, -0.2) is 9.97 Å². The Balaban J connectivity index is 1.77. The quantitative estimate of drug-likeness (QED) is 0.640. The van der Waals surface area contributed by atoms with E-state index in [4.69, 9.17) is 0 Å². The van der Waals surface area contributed by atoms with Gasteiger partial charge in [0.15, 0.2) is 0 Å². The highest BCUT2D eigenvalue weighted by Gasteiger charge is 2.16. The van der Waals surface area contributed by atoms with Crippen molar-refractivity contribution in [3.63, 3.8) is 0 Å². The monoisotopic (exact) mass is 388 g/mol. The minimum atomic E-state index is -0.203. The normalized spacial score (nSPS) is 10.8. The summed E-state index contributed by atoms with van der Waals surface area (Å²) in [5.41, 5.74) is 5.74. The molecule has 0 unspecified atom stereocenters. The zero-order chi connectivity index (χ0) is 21.0. The molecule has 0 saturated carbocycles. The van der Waals surface area contributed by atoms with Gasteiger partial charge >= 0.3 is 0 Å². The third-order valence-corrected chi connectivity index (χ3v) is 4.89. The second kappa shape index (κ2) is 8.86. The van der Waals surface area contributed by atoms with Crippen LogP contribution in [0.15, 0.2) is 54.9 Å². The number of nitrogens with one attached hydrogen (secondary N) is 1. The summed E-state index contributed by atoms with van der Waals surface area (Å²) >= 11 is 0. The van der Waals surface area contributed by atoms with Gasteiger partial charge in [0.25, 0.3) is 5.91 Å². The van der Waals surface area contributed by atoms with Gasteiger partial charge in [-0.15, -0.1) is 0 Å². The summed E-state index contributed by atoms with van der Waals surface area (Å²) < 4.78 is 0. The van der Waals surface area contributed by atoms with Crippen LogP contribution in [0.3, 0.4) is 0 Å². The predicted octanol–water partition coefficient (Wildman–Crippen LogP) is 5.07. The van der Waals surface area contributed by atoms with Gasteiger partial charge in [0.2, 0.25) is 5.95 Å². The van der Waals surface area contributed by atoms with E-state index in [9.17, 15) is 4.79 Å². The Labute approximate surface area is 172 Å². The average molecular weight is 389 g/mol. The predicted molar refractivity (Wildman–Crippen MR) is 118 cm³/mol. The van der Waals surface area contributed by atoms with Crippen molar-refractivity contribution >= 4 is 17.5 Å². The van der Waals surface area contributed by atoms with Crippen LogP contribution in [-0.4, -0.2) is 21.9 Å². The summed E-state index contributed by atoms with van der Waals surface area (Å²) in [6.45, 7) is 11.0. The number of amides is 1. The molecule has 1 N–H and O–H groups in total. The summed E-state index contributed by atoms with van der Waals surface area (Å²) in [4.78, 5) is 23.8. The lowest BCUT2D eigenvalue weighted by molar-refractivity contribution is 0.102. The van der Waals surface area contributed by atoms with Gasteiger partial charge in [-0.05, 0) is 51.3 Å². The fourth-order valence-corrected chi connectivity index (χ4v) is 3.41. The maximum absolute atomic E-state index is 12.7. The fraction of sp³-hybridized carbons (Fsp3) is 0.292. The van der Waals surface area contributed by atoms with Gasteiger partial charge in [-0.1, -0.05) is 48.0 Å². The first kappa shape index (κ1) is 20.5. The molecule has 2 aromatic carbocycles. The SMILES string of the molecule is Cc1cc(C)c(NC(=O)c2cnc(N(Cc3ccccc3)C(C)C)nc2)c(C)c1. The number of benzene rings is 2. The fourth-order valence-electron chi connectivity index (χ4n) is 3.41. The molecule has 1 aromatic heterocycles. The molecule has 5 nitrogen and oxygen atoms in total. The number of nitrogens with zero attached hydrogens (tertiary/aromatic N) is 3. The molecule has 3 rings (SSSR count). The Morgan fingerprint density at radius 1 is 1.00 bits per heavy atom. The van der Waals surface area contributed by atoms with E-state index in [1.807, 2.05) is 39.0 Å². The molecule has 0 saturated heterocycles. The molecule has 0 bridgehead atoms. The molecule has 0 aliphatic rings. The number of aryl methyl sites for hydroxylation is 3. The highest BCUT2D eigenvalue weighted by molar-refractivity contribution is 6.04. The summed E-state index contributed by atoms with van der Waals surface area (Å²) in [7, 11) is 0. The van der Waals surface area contributed by atoms with Gasteiger partial charge in [-0.3, -0.25) is 4.79 Å². The Bertz CT molecular complexity index is 959. The van der Waals surface area contributed by atoms with E-state index in [1.165, 1.54) is 11.1 Å². The third kappa shape index (κ3) is 4.99. The smallest absolute Gasteiger partial charge is 0.258 e. The van der Waals surface area contributed by atoms with E-state index >= 15 is 0 Å². The first-order valence-electron chi connectivity index (χ1n) is 9.87. The number of rotatable bonds is 6. The molecule has 0 spiro atoms. The van der Waals surface area contributed by atoms with Crippen molar-refractivity contribution in [3.05, 3.63) is 82.7 Å². The van der Waals surface area contributed by atoms with Crippen molar-refractivity contribution in [2.45, 2.75) is 47.2 Å². The van der Waals surface area contributed by atoms with Crippen LogP contribution in [0.4, 0.5) is 11.6 Å². The van der Waals surface area contributed by atoms with Gasteiger partial charge in [0.05, 0.1) is 5.56 Å². The molecule has 5 heteroatoms. The molecule has 150 valence electrons. The third-order valence-electron chi connectivity index (χ3n) is 4.89. The molecule has 1 heterocycles. The molecule has 3 aromatic rings. The van der Waals surface area contributed by atoms with Crippen molar-refractivity contribution in [2.24, 2.45) is 0 Å². The van der Waals surface area contributed by atoms with Crippen LogP contribution in [-0.2, 0) is 6.54 Å². The number of aromatic nitrogens is 2. The van der Waals surface area contributed by atoms with Crippen molar-refractivity contribution in [3.8, 4) is 0 Å². The summed E-state index contributed by atoms with van der Waals surface area (Å²) in [5.74, 6) is 0.411. The van der Waals surface area contributed by atoms with E-state index in [0.29, 0.717) is 18.1 Å². The van der Waals surface area contributed by atoms with E-state index < -0.39 is 0 Å². The second-order valence-electron chi connectivity index (χ2n) is 7.71. The highest BCUT2D eigenvalue weighted by Crippen LogP contribution is 2.23. The number of hydrogen-bond donors (Lipinski definition) is 1. The molecule has 0 radical (unpaired) electrons. The van der Waals surface area contributed by atoms with E-state index in [-0.39, 0.29) is 11.9 Å². The van der Waals surface area contributed by atoms with Gasteiger partial charge < -0.3 is 10.2 Å². The molecule has 1 amide bonds. The van der Waals surface area contributed by atoms with Crippen LogP contribution in [0, 0.1) is 20.8 Å². The van der Waals surface area contributed by atoms with Crippen LogP contribution in [0.5, 0.6) is 0 Å². The van der Waals surface area contributed by atoms with Gasteiger partial charge in [0.1, 0.15) is 0 Å². The molecule has 29 heavy (non-hydrogen) atoms. The zero-order valence-corrected chi connectivity index (χ0v) is 17.7. The van der Waals surface area contributed by atoms with Crippen molar-refractivity contribution in [1.82, 2.24) is 9.97 Å². The maximum Gasteiger partial charge on any atom is 0.258 e. The van der Waals surface area contributed by atoms with E-state index in [1.54, 1.807) is 12.4 Å². The van der Waals surface area contributed by atoms with Crippen molar-refractivity contribution < 1.29 is 4.79 Å².